The monoisotopic (exact) mass is 213 g/mol. The van der Waals surface area contributed by atoms with Gasteiger partial charge in [-0.15, -0.1) is 0 Å². The van der Waals surface area contributed by atoms with Crippen molar-refractivity contribution in [3.05, 3.63) is 21.3 Å². The molecule has 0 nitrogen and oxygen atoms in total. The Bertz CT molecular complexity index is 142. The molecule has 1 aliphatic carbocycles. The van der Waals surface area contributed by atoms with E-state index < -0.39 is 0 Å². The van der Waals surface area contributed by atoms with Crippen LogP contribution in [0, 0.1) is 0 Å². The zero-order valence-electron chi connectivity index (χ0n) is 5.07. The van der Waals surface area contributed by atoms with Crippen molar-refractivity contribution in [3.8, 4) is 0 Å². The van der Waals surface area contributed by atoms with Crippen molar-refractivity contribution in [3.63, 3.8) is 0 Å². The van der Waals surface area contributed by atoms with Gasteiger partial charge in [0.2, 0.25) is 0 Å². The molecule has 0 saturated heterocycles. The Balaban J connectivity index is 2.70. The van der Waals surface area contributed by atoms with Crippen LogP contribution in [-0.4, -0.2) is 22.5 Å². The third-order valence-electron chi connectivity index (χ3n) is 1.41. The van der Waals surface area contributed by atoms with Crippen LogP contribution < -0.4 is 0 Å². The summed E-state index contributed by atoms with van der Waals surface area (Å²) in [6.07, 6.45) is 6.95. The van der Waals surface area contributed by atoms with E-state index in [1.54, 1.807) is 31.7 Å². The van der Waals surface area contributed by atoms with Gasteiger partial charge in [-0.25, -0.2) is 0 Å². The van der Waals surface area contributed by atoms with Crippen LogP contribution in [0.15, 0.2) is 21.3 Å². The van der Waals surface area contributed by atoms with Gasteiger partial charge >= 0.3 is 63.6 Å². The van der Waals surface area contributed by atoms with Crippen LogP contribution in [0.1, 0.15) is 19.8 Å². The standard InChI is InChI=1S/C7H9.Sn/c1-2-7-5-3-4-6-7;/h3,5H,2,4H2,1H3;. The molecule has 0 aliphatic heterocycles. The summed E-state index contributed by atoms with van der Waals surface area (Å²) < 4.78 is 1.64. The SMILES string of the molecule is CCC1=[C]([Sn])CC=C1. The predicted octanol–water partition coefficient (Wildman–Crippen LogP) is 1.78. The number of rotatable bonds is 1. The fourth-order valence-corrected chi connectivity index (χ4v) is 1.96. The summed E-state index contributed by atoms with van der Waals surface area (Å²) in [6.45, 7) is 2.22. The van der Waals surface area contributed by atoms with Crippen LogP contribution >= 0.6 is 0 Å². The van der Waals surface area contributed by atoms with Crippen molar-refractivity contribution < 1.29 is 0 Å². The predicted molar refractivity (Wildman–Crippen MR) is 36.8 cm³/mol. The summed E-state index contributed by atoms with van der Waals surface area (Å²) in [5.74, 6) is 0. The fraction of sp³-hybridized carbons (Fsp3) is 0.429. The second-order valence-electron chi connectivity index (χ2n) is 1.96. The van der Waals surface area contributed by atoms with Gasteiger partial charge in [0.15, 0.2) is 0 Å². The van der Waals surface area contributed by atoms with E-state index in [0.29, 0.717) is 0 Å². The Morgan fingerprint density at radius 2 is 2.50 bits per heavy atom. The molecule has 1 aliphatic rings. The van der Waals surface area contributed by atoms with Crippen LogP contribution in [0.4, 0.5) is 0 Å². The maximum absolute atomic E-state index is 2.25. The van der Waals surface area contributed by atoms with Gasteiger partial charge in [0.05, 0.1) is 0 Å². The van der Waals surface area contributed by atoms with Gasteiger partial charge in [0, 0.05) is 0 Å². The molecular formula is C7H9Sn. The Kier molecular flexibility index (Phi) is 2.17. The Labute approximate surface area is 63.8 Å². The van der Waals surface area contributed by atoms with E-state index in [-0.39, 0.29) is 0 Å². The first-order valence-electron chi connectivity index (χ1n) is 2.94. The topological polar surface area (TPSA) is 0 Å². The number of hydrogen-bond acceptors (Lipinski definition) is 0. The molecule has 0 saturated carbocycles. The van der Waals surface area contributed by atoms with Gasteiger partial charge in [0.25, 0.3) is 0 Å². The molecule has 0 aromatic heterocycles. The van der Waals surface area contributed by atoms with Crippen molar-refractivity contribution in [2.45, 2.75) is 19.8 Å². The number of hydrogen-bond donors (Lipinski definition) is 0. The van der Waals surface area contributed by atoms with E-state index >= 15 is 0 Å². The zero-order valence-corrected chi connectivity index (χ0v) is 7.92. The fourth-order valence-electron chi connectivity index (χ4n) is 0.882. The van der Waals surface area contributed by atoms with Crippen LogP contribution in [-0.2, 0) is 0 Å². The van der Waals surface area contributed by atoms with Gasteiger partial charge in [-0.2, -0.15) is 0 Å². The van der Waals surface area contributed by atoms with E-state index in [4.69, 9.17) is 0 Å². The summed E-state index contributed by atoms with van der Waals surface area (Å²) in [5.41, 5.74) is 1.57. The molecule has 1 rings (SSSR count). The van der Waals surface area contributed by atoms with E-state index in [2.05, 4.69) is 19.1 Å². The van der Waals surface area contributed by atoms with Crippen LogP contribution in [0.3, 0.4) is 0 Å². The van der Waals surface area contributed by atoms with E-state index in [1.807, 2.05) is 0 Å². The van der Waals surface area contributed by atoms with Crippen molar-refractivity contribution in [2.24, 2.45) is 0 Å². The first kappa shape index (κ1) is 6.40. The summed E-state index contributed by atoms with van der Waals surface area (Å²) in [7, 11) is 0. The third kappa shape index (κ3) is 1.16. The Morgan fingerprint density at radius 3 is 2.75 bits per heavy atom. The molecule has 0 atom stereocenters. The van der Waals surface area contributed by atoms with Crippen LogP contribution in [0.5, 0.6) is 0 Å². The Hall–Kier alpha value is 0.279. The molecule has 0 aromatic carbocycles. The molecule has 0 spiro atoms. The Morgan fingerprint density at radius 1 is 1.75 bits per heavy atom. The summed E-state index contributed by atoms with van der Waals surface area (Å²) in [4.78, 5) is 0. The van der Waals surface area contributed by atoms with E-state index in [0.717, 1.165) is 0 Å². The molecule has 0 amide bonds. The third-order valence-corrected chi connectivity index (χ3v) is 2.91. The molecular weight excluding hydrogens is 203 g/mol. The second kappa shape index (κ2) is 2.72. The minimum atomic E-state index is 1.22. The summed E-state index contributed by atoms with van der Waals surface area (Å²) >= 11 is 1.60. The maximum atomic E-state index is 2.25. The molecule has 3 radical (unpaired) electrons. The van der Waals surface area contributed by atoms with E-state index in [9.17, 15) is 0 Å². The first-order valence-corrected chi connectivity index (χ1v) is 4.37. The van der Waals surface area contributed by atoms with Crippen LogP contribution in [0.25, 0.3) is 0 Å². The molecule has 0 aromatic rings. The minimum absolute atomic E-state index is 1.22. The van der Waals surface area contributed by atoms with Crippen LogP contribution in [0.2, 0.25) is 0 Å². The van der Waals surface area contributed by atoms with Gasteiger partial charge < -0.3 is 0 Å². The molecule has 0 N–H and O–H groups in total. The summed E-state index contributed by atoms with van der Waals surface area (Å²) in [6, 6.07) is 0. The zero-order chi connectivity index (χ0) is 5.98. The van der Waals surface area contributed by atoms with Crippen molar-refractivity contribution >= 4 is 22.5 Å². The van der Waals surface area contributed by atoms with Crippen molar-refractivity contribution in [1.29, 1.82) is 0 Å². The van der Waals surface area contributed by atoms with Crippen molar-refractivity contribution in [2.75, 3.05) is 0 Å². The molecule has 1 heteroatoms. The molecule has 0 unspecified atom stereocenters. The van der Waals surface area contributed by atoms with E-state index in [1.165, 1.54) is 12.8 Å². The average Bonchev–Trinajstić information content (AvgIpc) is 2.14. The van der Waals surface area contributed by atoms with Gasteiger partial charge in [-0.1, -0.05) is 0 Å². The first-order chi connectivity index (χ1) is 3.84. The van der Waals surface area contributed by atoms with Gasteiger partial charge in [-0.3, -0.25) is 0 Å². The normalized spacial score (nSPS) is 18.2. The van der Waals surface area contributed by atoms with Crippen molar-refractivity contribution in [1.82, 2.24) is 0 Å². The molecule has 0 fully saturated rings. The quantitative estimate of drug-likeness (QED) is 0.581. The second-order valence-corrected chi connectivity index (χ2v) is 3.69. The van der Waals surface area contributed by atoms with Gasteiger partial charge in [0.1, 0.15) is 0 Å². The molecule has 0 bridgehead atoms. The molecule has 8 heavy (non-hydrogen) atoms. The summed E-state index contributed by atoms with van der Waals surface area (Å²) in [5, 5.41) is 0. The average molecular weight is 212 g/mol. The molecule has 0 heterocycles. The number of allylic oxidation sites excluding steroid dienone is 4. The van der Waals surface area contributed by atoms with Gasteiger partial charge in [-0.05, 0) is 0 Å². The molecule has 41 valence electrons.